The van der Waals surface area contributed by atoms with Crippen molar-refractivity contribution in [2.24, 2.45) is 5.92 Å². The number of nitrogens with zero attached hydrogens (tertiary/aromatic N) is 4. The maximum Gasteiger partial charge on any atom is 0.225 e. The van der Waals surface area contributed by atoms with Crippen LogP contribution in [0.25, 0.3) is 10.2 Å². The molecule has 150 valence electrons. The molecule has 1 aliphatic heterocycles. The molecular weight excluding hydrogens is 400 g/mol. The average molecular weight is 417 g/mol. The van der Waals surface area contributed by atoms with Gasteiger partial charge in [-0.05, 0) is 18.9 Å². The standard InChI is InChI=1S/C19H17F2N5O2S/c20-11-3-15(17-16(4-11)29-9-24-17)28-14-1-10(2-14)18(27)25-13-7-26(8-13)19-22-5-12(21)6-23-19/h3-6,9-10,13-14H,1-2,7-8H2,(H,25,27)/t10-,14-. The van der Waals surface area contributed by atoms with Crippen LogP contribution in [0, 0.1) is 17.6 Å². The Morgan fingerprint density at radius 2 is 1.90 bits per heavy atom. The van der Waals surface area contributed by atoms with Crippen LogP contribution in [0.4, 0.5) is 14.7 Å². The van der Waals surface area contributed by atoms with Crippen LogP contribution in [0.2, 0.25) is 0 Å². The predicted octanol–water partition coefficient (Wildman–Crippen LogP) is 2.53. The van der Waals surface area contributed by atoms with Crippen molar-refractivity contribution in [3.63, 3.8) is 0 Å². The maximum atomic E-state index is 13.7. The largest absolute Gasteiger partial charge is 0.488 e. The van der Waals surface area contributed by atoms with E-state index in [9.17, 15) is 13.6 Å². The van der Waals surface area contributed by atoms with E-state index in [0.29, 0.717) is 43.1 Å². The molecule has 10 heteroatoms. The van der Waals surface area contributed by atoms with Gasteiger partial charge in [0.15, 0.2) is 5.82 Å². The molecule has 1 N–H and O–H groups in total. The molecule has 3 heterocycles. The summed E-state index contributed by atoms with van der Waals surface area (Å²) in [5.41, 5.74) is 2.31. The number of carbonyl (C=O) groups excluding carboxylic acids is 1. The number of carbonyl (C=O) groups is 1. The molecule has 7 nitrogen and oxygen atoms in total. The van der Waals surface area contributed by atoms with Gasteiger partial charge >= 0.3 is 0 Å². The number of benzene rings is 1. The molecule has 1 saturated carbocycles. The molecule has 1 amide bonds. The van der Waals surface area contributed by atoms with Crippen molar-refractivity contribution in [1.82, 2.24) is 20.3 Å². The van der Waals surface area contributed by atoms with Crippen LogP contribution in [0.15, 0.2) is 30.0 Å². The van der Waals surface area contributed by atoms with Crippen LogP contribution in [0.1, 0.15) is 12.8 Å². The highest BCUT2D eigenvalue weighted by Crippen LogP contribution is 2.35. The van der Waals surface area contributed by atoms with E-state index in [2.05, 4.69) is 20.3 Å². The zero-order valence-corrected chi connectivity index (χ0v) is 16.0. The second kappa shape index (κ2) is 7.18. The number of nitrogens with one attached hydrogen (secondary N) is 1. The smallest absolute Gasteiger partial charge is 0.225 e. The molecule has 0 atom stereocenters. The lowest BCUT2D eigenvalue weighted by Crippen LogP contribution is -2.61. The lowest BCUT2D eigenvalue weighted by atomic mass is 9.81. The van der Waals surface area contributed by atoms with E-state index in [1.165, 1.54) is 23.5 Å². The molecule has 29 heavy (non-hydrogen) atoms. The highest BCUT2D eigenvalue weighted by Gasteiger charge is 2.39. The first kappa shape index (κ1) is 18.2. The molecule has 1 aromatic carbocycles. The van der Waals surface area contributed by atoms with E-state index in [1.807, 2.05) is 4.90 Å². The first-order chi connectivity index (χ1) is 14.0. The number of hydrogen-bond acceptors (Lipinski definition) is 7. The predicted molar refractivity (Wildman–Crippen MR) is 103 cm³/mol. The zero-order valence-electron chi connectivity index (χ0n) is 15.2. The zero-order chi connectivity index (χ0) is 20.0. The Morgan fingerprint density at radius 1 is 1.14 bits per heavy atom. The number of rotatable bonds is 5. The quantitative estimate of drug-likeness (QED) is 0.687. The minimum Gasteiger partial charge on any atom is -0.488 e. The fraction of sp³-hybridized carbons (Fsp3) is 0.368. The normalized spacial score (nSPS) is 21.5. The summed E-state index contributed by atoms with van der Waals surface area (Å²) >= 11 is 1.36. The number of thiazole rings is 1. The highest BCUT2D eigenvalue weighted by molar-refractivity contribution is 7.16. The van der Waals surface area contributed by atoms with Gasteiger partial charge in [-0.2, -0.15) is 0 Å². The Labute approximate surface area is 168 Å². The van der Waals surface area contributed by atoms with Crippen molar-refractivity contribution >= 4 is 33.4 Å². The van der Waals surface area contributed by atoms with Crippen LogP contribution in [-0.2, 0) is 4.79 Å². The minimum absolute atomic E-state index is 0.00688. The van der Waals surface area contributed by atoms with Crippen molar-refractivity contribution in [2.75, 3.05) is 18.0 Å². The number of halogens is 2. The molecule has 2 aromatic heterocycles. The Hall–Kier alpha value is -2.88. The van der Waals surface area contributed by atoms with Gasteiger partial charge < -0.3 is 15.0 Å². The SMILES string of the molecule is O=C(NC1CN(c2ncc(F)cn2)C1)[C@H]1C[C@H](Oc2cc(F)cc3scnc23)C1. The molecule has 3 aromatic rings. The molecule has 0 spiro atoms. The first-order valence-corrected chi connectivity index (χ1v) is 10.2. The number of ether oxygens (including phenoxy) is 1. The van der Waals surface area contributed by atoms with Crippen molar-refractivity contribution < 1.29 is 18.3 Å². The van der Waals surface area contributed by atoms with Crippen molar-refractivity contribution in [1.29, 1.82) is 0 Å². The lowest BCUT2D eigenvalue weighted by molar-refractivity contribution is -0.131. The lowest BCUT2D eigenvalue weighted by Gasteiger charge is -2.41. The van der Waals surface area contributed by atoms with Gasteiger partial charge in [0.2, 0.25) is 11.9 Å². The van der Waals surface area contributed by atoms with Crippen LogP contribution >= 0.6 is 11.3 Å². The van der Waals surface area contributed by atoms with Gasteiger partial charge in [-0.3, -0.25) is 4.79 Å². The van der Waals surface area contributed by atoms with Crippen molar-refractivity contribution in [3.05, 3.63) is 41.7 Å². The summed E-state index contributed by atoms with van der Waals surface area (Å²) in [5, 5.41) is 3.01. The molecule has 5 rings (SSSR count). The third-order valence-electron chi connectivity index (χ3n) is 5.24. The Bertz CT molecular complexity index is 1050. The molecule has 0 bridgehead atoms. The van der Waals surface area contributed by atoms with E-state index in [4.69, 9.17) is 4.74 Å². The molecule has 0 radical (unpaired) electrons. The second-order valence-corrected chi connectivity index (χ2v) is 8.21. The van der Waals surface area contributed by atoms with Crippen LogP contribution in [0.5, 0.6) is 5.75 Å². The van der Waals surface area contributed by atoms with Gasteiger partial charge in [0.05, 0.1) is 28.6 Å². The Kier molecular flexibility index (Phi) is 4.50. The van der Waals surface area contributed by atoms with Crippen molar-refractivity contribution in [3.8, 4) is 5.75 Å². The van der Waals surface area contributed by atoms with E-state index in [0.717, 1.165) is 17.1 Å². The number of aromatic nitrogens is 3. The van der Waals surface area contributed by atoms with Gasteiger partial charge in [0.25, 0.3) is 0 Å². The van der Waals surface area contributed by atoms with Gasteiger partial charge in [0.1, 0.15) is 23.2 Å². The molecule has 2 aliphatic rings. The molecule has 0 unspecified atom stereocenters. The highest BCUT2D eigenvalue weighted by atomic mass is 32.1. The summed E-state index contributed by atoms with van der Waals surface area (Å²) in [6, 6.07) is 2.81. The summed E-state index contributed by atoms with van der Waals surface area (Å²) in [7, 11) is 0. The van der Waals surface area contributed by atoms with E-state index < -0.39 is 5.82 Å². The second-order valence-electron chi connectivity index (χ2n) is 7.32. The summed E-state index contributed by atoms with van der Waals surface area (Å²) in [6.07, 6.45) is 3.31. The summed E-state index contributed by atoms with van der Waals surface area (Å²) in [5.74, 6) is -0.0700. The molecule has 2 fully saturated rings. The molecular formula is C19H17F2N5O2S. The van der Waals surface area contributed by atoms with Crippen LogP contribution in [0.3, 0.4) is 0 Å². The fourth-order valence-corrected chi connectivity index (χ4v) is 4.29. The van der Waals surface area contributed by atoms with E-state index in [1.54, 1.807) is 5.51 Å². The number of hydrogen-bond donors (Lipinski definition) is 1. The molecule has 1 saturated heterocycles. The monoisotopic (exact) mass is 417 g/mol. The first-order valence-electron chi connectivity index (χ1n) is 9.27. The van der Waals surface area contributed by atoms with Gasteiger partial charge in [-0.15, -0.1) is 11.3 Å². The van der Waals surface area contributed by atoms with Crippen LogP contribution in [-0.4, -0.2) is 46.1 Å². The summed E-state index contributed by atoms with van der Waals surface area (Å²) in [4.78, 5) is 26.4. The third-order valence-corrected chi connectivity index (χ3v) is 6.02. The number of fused-ring (bicyclic) bond motifs is 1. The maximum absolute atomic E-state index is 13.7. The van der Waals surface area contributed by atoms with Crippen molar-refractivity contribution in [2.45, 2.75) is 25.0 Å². The van der Waals surface area contributed by atoms with E-state index in [-0.39, 0.29) is 29.8 Å². The average Bonchev–Trinajstić information content (AvgIpc) is 3.09. The topological polar surface area (TPSA) is 80.2 Å². The minimum atomic E-state index is -0.477. The Morgan fingerprint density at radius 3 is 2.66 bits per heavy atom. The van der Waals surface area contributed by atoms with Gasteiger partial charge in [-0.25, -0.2) is 23.7 Å². The summed E-state index contributed by atoms with van der Waals surface area (Å²) < 4.78 is 33.2. The number of anilines is 1. The summed E-state index contributed by atoms with van der Waals surface area (Å²) in [6.45, 7) is 1.18. The molecule has 1 aliphatic carbocycles. The van der Waals surface area contributed by atoms with Gasteiger partial charge in [0, 0.05) is 25.1 Å². The van der Waals surface area contributed by atoms with E-state index >= 15 is 0 Å². The number of amides is 1. The third kappa shape index (κ3) is 3.59. The fourth-order valence-electron chi connectivity index (χ4n) is 3.57. The van der Waals surface area contributed by atoms with Gasteiger partial charge in [-0.1, -0.05) is 0 Å². The van der Waals surface area contributed by atoms with Crippen LogP contribution < -0.4 is 15.0 Å². The Balaban J connectivity index is 1.10.